The van der Waals surface area contributed by atoms with E-state index in [9.17, 15) is 19.0 Å². The van der Waals surface area contributed by atoms with Crippen molar-refractivity contribution in [3.63, 3.8) is 0 Å². The first-order valence-corrected chi connectivity index (χ1v) is 36.0. The predicted molar refractivity (Wildman–Crippen MR) is 346 cm³/mol. The Hall–Kier alpha value is -2.03. The Balaban J connectivity index is 5.07. The standard InChI is InChI=1S/C70H133N2O7P/c1-7-10-13-16-19-22-25-28-30-32-33-34-35-36-37-38-39-41-42-44-47-50-53-56-59-62-69(73)71-67(66-78-80(75,76)77-65-64-72(4,5)6)68(61-58-55-52-49-46-27-24-21-18-15-12-9-3)79-70(74)63-60-57-54-51-48-45-43-40-31-29-26-23-20-17-14-11-8-2/h20,23,29,31,43,45,58,61,67-68H,7-19,21-22,24-28,30,32-42,44,46-57,59-60,62-66H2,1-6H3,(H-,71,73,75,76)/p+1/b23-20-,31-29-,45-43-,61-58-. The molecule has 0 spiro atoms. The molecule has 0 saturated carbocycles. The van der Waals surface area contributed by atoms with E-state index in [0.717, 1.165) is 77.0 Å². The lowest BCUT2D eigenvalue weighted by atomic mass is 10.0. The lowest BCUT2D eigenvalue weighted by Gasteiger charge is -2.27. The summed E-state index contributed by atoms with van der Waals surface area (Å²) in [7, 11) is 1.49. The number of hydrogen-bond donors (Lipinski definition) is 2. The summed E-state index contributed by atoms with van der Waals surface area (Å²) in [5.41, 5.74) is 0. The maximum atomic E-state index is 13.6. The van der Waals surface area contributed by atoms with Gasteiger partial charge in [-0.15, -0.1) is 0 Å². The molecule has 10 heteroatoms. The zero-order chi connectivity index (χ0) is 58.6. The summed E-state index contributed by atoms with van der Waals surface area (Å²) in [5.74, 6) is -0.516. The number of rotatable bonds is 63. The second-order valence-electron chi connectivity index (χ2n) is 24.7. The summed E-state index contributed by atoms with van der Waals surface area (Å²) in [6, 6.07) is -0.856. The molecule has 0 bridgehead atoms. The van der Waals surface area contributed by atoms with E-state index in [0.29, 0.717) is 23.9 Å². The molecule has 0 aliphatic carbocycles. The molecule has 0 aromatic rings. The Morgan fingerprint density at radius 1 is 0.438 bits per heavy atom. The lowest BCUT2D eigenvalue weighted by molar-refractivity contribution is -0.870. The summed E-state index contributed by atoms with van der Waals surface area (Å²) in [6.07, 6.45) is 75.5. The van der Waals surface area contributed by atoms with Gasteiger partial charge in [-0.2, -0.15) is 0 Å². The first-order chi connectivity index (χ1) is 38.9. The largest absolute Gasteiger partial charge is 0.472 e. The van der Waals surface area contributed by atoms with Crippen molar-refractivity contribution in [1.82, 2.24) is 5.32 Å². The summed E-state index contributed by atoms with van der Waals surface area (Å²) >= 11 is 0. The van der Waals surface area contributed by atoms with Gasteiger partial charge < -0.3 is 19.4 Å². The van der Waals surface area contributed by atoms with Crippen LogP contribution in [0.25, 0.3) is 0 Å². The highest BCUT2D eigenvalue weighted by molar-refractivity contribution is 7.47. The summed E-state index contributed by atoms with van der Waals surface area (Å²) < 4.78 is 30.8. The second kappa shape index (κ2) is 60.1. The molecule has 2 N–H and O–H groups in total. The minimum atomic E-state index is -4.45. The van der Waals surface area contributed by atoms with Crippen LogP contribution in [0.1, 0.15) is 335 Å². The fourth-order valence-corrected chi connectivity index (χ4v) is 10.9. The van der Waals surface area contributed by atoms with Gasteiger partial charge in [0.25, 0.3) is 0 Å². The minimum absolute atomic E-state index is 0.0378. The van der Waals surface area contributed by atoms with Gasteiger partial charge in [0.2, 0.25) is 5.91 Å². The molecule has 470 valence electrons. The average Bonchev–Trinajstić information content (AvgIpc) is 3.42. The van der Waals surface area contributed by atoms with Crippen LogP contribution in [-0.2, 0) is 27.9 Å². The van der Waals surface area contributed by atoms with Gasteiger partial charge in [0.05, 0.1) is 33.8 Å². The van der Waals surface area contributed by atoms with Crippen molar-refractivity contribution in [2.75, 3.05) is 40.9 Å². The number of quaternary nitrogens is 1. The van der Waals surface area contributed by atoms with Crippen LogP contribution in [0.15, 0.2) is 48.6 Å². The third kappa shape index (κ3) is 60.6. The fraction of sp³-hybridized carbons (Fsp3) is 0.857. The molecule has 0 aromatic heterocycles. The van der Waals surface area contributed by atoms with Gasteiger partial charge in [0.1, 0.15) is 19.3 Å². The molecule has 1 amide bonds. The number of allylic oxidation sites excluding steroid dienone is 7. The highest BCUT2D eigenvalue weighted by atomic mass is 31.2. The van der Waals surface area contributed by atoms with E-state index < -0.39 is 20.0 Å². The molecule has 0 heterocycles. The van der Waals surface area contributed by atoms with E-state index in [2.05, 4.69) is 62.5 Å². The zero-order valence-electron chi connectivity index (χ0n) is 53.8. The van der Waals surface area contributed by atoms with Crippen LogP contribution in [0.3, 0.4) is 0 Å². The van der Waals surface area contributed by atoms with Gasteiger partial charge in [0, 0.05) is 12.8 Å². The number of likely N-dealkylation sites (N-methyl/N-ethyl adjacent to an activating group) is 1. The number of carbonyl (C=O) groups excluding carboxylic acids is 2. The minimum Gasteiger partial charge on any atom is -0.456 e. The monoisotopic (exact) mass is 1150 g/mol. The van der Waals surface area contributed by atoms with Gasteiger partial charge in [-0.05, 0) is 70.3 Å². The molecule has 9 nitrogen and oxygen atoms in total. The molecular formula is C70H134N2O7P+. The van der Waals surface area contributed by atoms with Crippen LogP contribution in [-0.4, -0.2) is 74.3 Å². The number of phosphoric ester groups is 1. The van der Waals surface area contributed by atoms with Crippen LogP contribution >= 0.6 is 7.82 Å². The number of ether oxygens (including phenoxy) is 1. The number of unbranched alkanes of at least 4 members (excludes halogenated alkanes) is 41. The quantitative estimate of drug-likeness (QED) is 0.0205. The van der Waals surface area contributed by atoms with Gasteiger partial charge in [-0.3, -0.25) is 18.6 Å². The third-order valence-electron chi connectivity index (χ3n) is 15.5. The third-order valence-corrected chi connectivity index (χ3v) is 16.5. The van der Waals surface area contributed by atoms with E-state index in [-0.39, 0.29) is 31.5 Å². The zero-order valence-corrected chi connectivity index (χ0v) is 54.7. The molecule has 0 aliphatic heterocycles. The Labute approximate surface area is 497 Å². The highest BCUT2D eigenvalue weighted by Crippen LogP contribution is 2.43. The van der Waals surface area contributed by atoms with Gasteiger partial charge in [-0.1, -0.05) is 301 Å². The first-order valence-electron chi connectivity index (χ1n) is 34.5. The Bertz CT molecular complexity index is 1510. The van der Waals surface area contributed by atoms with E-state index >= 15 is 0 Å². The fourth-order valence-electron chi connectivity index (χ4n) is 10.2. The number of nitrogens with one attached hydrogen (secondary N) is 1. The molecule has 0 aromatic carbocycles. The van der Waals surface area contributed by atoms with Crippen LogP contribution in [0.2, 0.25) is 0 Å². The van der Waals surface area contributed by atoms with E-state index in [1.165, 1.54) is 218 Å². The number of amides is 1. The molecule has 3 atom stereocenters. The van der Waals surface area contributed by atoms with Gasteiger partial charge >= 0.3 is 13.8 Å². The van der Waals surface area contributed by atoms with Gasteiger partial charge in [0.15, 0.2) is 0 Å². The van der Waals surface area contributed by atoms with E-state index in [1.54, 1.807) is 0 Å². The van der Waals surface area contributed by atoms with Crippen molar-refractivity contribution in [2.24, 2.45) is 0 Å². The SMILES string of the molecule is CCCCC/C=C\C/C=C\C/C=C\CCCCCCC(=O)OC(/C=C\CCCCCCCCCCCC)C(COP(=O)(O)OCC[N+](C)(C)C)NC(=O)CCCCCCCCCCCCCCCCCCCCCCCCCCC. The number of carbonyl (C=O) groups is 2. The molecule has 3 unspecified atom stereocenters. The van der Waals surface area contributed by atoms with Crippen molar-refractivity contribution in [1.29, 1.82) is 0 Å². The topological polar surface area (TPSA) is 111 Å². The van der Waals surface area contributed by atoms with E-state index in [1.807, 2.05) is 33.3 Å². The van der Waals surface area contributed by atoms with Crippen LogP contribution in [0, 0.1) is 0 Å². The van der Waals surface area contributed by atoms with Crippen molar-refractivity contribution in [3.05, 3.63) is 48.6 Å². The van der Waals surface area contributed by atoms with Gasteiger partial charge in [-0.25, -0.2) is 4.57 Å². The van der Waals surface area contributed by atoms with Crippen molar-refractivity contribution >= 4 is 19.7 Å². The van der Waals surface area contributed by atoms with Crippen molar-refractivity contribution in [3.8, 4) is 0 Å². The molecule has 0 radical (unpaired) electrons. The summed E-state index contributed by atoms with van der Waals surface area (Å²) in [6.45, 7) is 7.01. The van der Waals surface area contributed by atoms with Crippen LogP contribution < -0.4 is 5.32 Å². The Morgan fingerprint density at radius 2 is 0.762 bits per heavy atom. The maximum absolute atomic E-state index is 13.6. The van der Waals surface area contributed by atoms with Crippen LogP contribution in [0.5, 0.6) is 0 Å². The Kier molecular flexibility index (Phi) is 58.6. The number of esters is 1. The van der Waals surface area contributed by atoms with E-state index in [4.69, 9.17) is 13.8 Å². The number of hydrogen-bond acceptors (Lipinski definition) is 6. The highest BCUT2D eigenvalue weighted by Gasteiger charge is 2.30. The Morgan fingerprint density at radius 3 is 1.16 bits per heavy atom. The van der Waals surface area contributed by atoms with Crippen molar-refractivity contribution < 1.29 is 37.3 Å². The molecule has 0 fully saturated rings. The molecular weight excluding hydrogens is 1010 g/mol. The van der Waals surface area contributed by atoms with Crippen LogP contribution in [0.4, 0.5) is 0 Å². The average molecular weight is 1150 g/mol. The predicted octanol–water partition coefficient (Wildman–Crippen LogP) is 21.6. The first kappa shape index (κ1) is 78.0. The molecule has 80 heavy (non-hydrogen) atoms. The lowest BCUT2D eigenvalue weighted by Crippen LogP contribution is -2.47. The summed E-state index contributed by atoms with van der Waals surface area (Å²) in [5, 5.41) is 3.07. The van der Waals surface area contributed by atoms with Crippen molar-refractivity contribution in [2.45, 2.75) is 348 Å². The normalized spacial score (nSPS) is 13.8. The number of phosphoric acid groups is 1. The molecule has 0 aliphatic rings. The number of nitrogens with zero attached hydrogens (tertiary/aromatic N) is 1. The molecule has 0 rings (SSSR count). The second-order valence-corrected chi connectivity index (χ2v) is 26.2. The maximum Gasteiger partial charge on any atom is 0.472 e. The smallest absolute Gasteiger partial charge is 0.456 e. The molecule has 0 saturated heterocycles. The summed E-state index contributed by atoms with van der Waals surface area (Å²) in [4.78, 5) is 37.8.